The minimum Gasteiger partial charge on any atom is -0.394 e. The van der Waals surface area contributed by atoms with E-state index in [0.29, 0.717) is 0 Å². The van der Waals surface area contributed by atoms with E-state index in [1.165, 1.54) is 0 Å². The fraction of sp³-hybridized carbons (Fsp3) is 0.200. The Hall–Kier alpha value is -0.890. The molecular formula is C10H17NS. The van der Waals surface area contributed by atoms with Crippen LogP contribution in [0.2, 0.25) is 0 Å². The molecular weight excluding hydrogens is 166 g/mol. The second-order valence-electron chi connectivity index (χ2n) is 1.98. The largest absolute Gasteiger partial charge is 0.394 e. The first kappa shape index (κ1) is 13.7. The summed E-state index contributed by atoms with van der Waals surface area (Å²) in [5, 5.41) is 2.90. The van der Waals surface area contributed by atoms with Crippen LogP contribution in [0.15, 0.2) is 49.2 Å². The van der Waals surface area contributed by atoms with E-state index in [1.54, 1.807) is 6.08 Å². The van der Waals surface area contributed by atoms with Crippen LogP contribution in [-0.4, -0.2) is 7.05 Å². The number of hydrogen-bond acceptors (Lipinski definition) is 1. The molecule has 0 aliphatic rings. The van der Waals surface area contributed by atoms with Crippen LogP contribution in [0.1, 0.15) is 6.42 Å². The Balaban J connectivity index is 0. The van der Waals surface area contributed by atoms with Crippen molar-refractivity contribution >= 4 is 13.5 Å². The van der Waals surface area contributed by atoms with Crippen LogP contribution in [-0.2, 0) is 0 Å². The molecule has 0 saturated carbocycles. The second kappa shape index (κ2) is 12.8. The van der Waals surface area contributed by atoms with Crippen molar-refractivity contribution in [2.75, 3.05) is 7.05 Å². The summed E-state index contributed by atoms with van der Waals surface area (Å²) in [5.41, 5.74) is 0. The van der Waals surface area contributed by atoms with Gasteiger partial charge in [0.05, 0.1) is 0 Å². The van der Waals surface area contributed by atoms with E-state index in [-0.39, 0.29) is 13.5 Å². The fourth-order valence-electron chi connectivity index (χ4n) is 0.562. The molecule has 0 spiro atoms. The van der Waals surface area contributed by atoms with Crippen LogP contribution >= 0.6 is 13.5 Å². The predicted octanol–water partition coefficient (Wildman–Crippen LogP) is 2.52. The average Bonchev–Trinajstić information content (AvgIpc) is 2.03. The lowest BCUT2D eigenvalue weighted by Crippen LogP contribution is -1.89. The zero-order valence-electron chi connectivity index (χ0n) is 7.46. The fourth-order valence-corrected chi connectivity index (χ4v) is 0.562. The lowest BCUT2D eigenvalue weighted by molar-refractivity contribution is 1.10. The minimum absolute atomic E-state index is 0. The highest BCUT2D eigenvalue weighted by Gasteiger charge is 1.66. The first-order valence-corrected chi connectivity index (χ1v) is 3.68. The average molecular weight is 183 g/mol. The quantitative estimate of drug-likeness (QED) is 0.646. The van der Waals surface area contributed by atoms with E-state index in [1.807, 2.05) is 31.5 Å². The molecule has 12 heavy (non-hydrogen) atoms. The van der Waals surface area contributed by atoms with Crippen molar-refractivity contribution in [3.8, 4) is 0 Å². The first-order chi connectivity index (χ1) is 5.41. The maximum absolute atomic E-state index is 3.57. The summed E-state index contributed by atoms with van der Waals surface area (Å²) in [6.07, 6.45) is 14.6. The molecule has 0 fully saturated rings. The summed E-state index contributed by atoms with van der Waals surface area (Å²) in [6.45, 7) is 3.57. The van der Waals surface area contributed by atoms with Crippen molar-refractivity contribution in [1.82, 2.24) is 5.32 Å². The molecule has 0 saturated heterocycles. The van der Waals surface area contributed by atoms with Gasteiger partial charge in [0, 0.05) is 7.05 Å². The standard InChI is InChI=1S/C10H15N.H2S/c1-3-4-5-6-7-8-9-10-11-2;/h3-5,7-11H,1,6H2,2H3;1H2/b5-4+,8-7-,10-9-;. The molecule has 1 N–H and O–H groups in total. The summed E-state index contributed by atoms with van der Waals surface area (Å²) < 4.78 is 0. The van der Waals surface area contributed by atoms with Gasteiger partial charge in [0.15, 0.2) is 0 Å². The van der Waals surface area contributed by atoms with E-state index in [9.17, 15) is 0 Å². The number of rotatable bonds is 5. The van der Waals surface area contributed by atoms with Gasteiger partial charge in [0.2, 0.25) is 0 Å². The second-order valence-corrected chi connectivity index (χ2v) is 1.98. The van der Waals surface area contributed by atoms with Crippen molar-refractivity contribution in [1.29, 1.82) is 0 Å². The van der Waals surface area contributed by atoms with E-state index >= 15 is 0 Å². The van der Waals surface area contributed by atoms with Gasteiger partial charge >= 0.3 is 0 Å². The highest BCUT2D eigenvalue weighted by atomic mass is 32.1. The van der Waals surface area contributed by atoms with Crippen molar-refractivity contribution < 1.29 is 0 Å². The Morgan fingerprint density at radius 1 is 1.17 bits per heavy atom. The zero-order valence-corrected chi connectivity index (χ0v) is 8.46. The van der Waals surface area contributed by atoms with Crippen molar-refractivity contribution in [2.45, 2.75) is 6.42 Å². The number of allylic oxidation sites excluding steroid dienone is 6. The Morgan fingerprint density at radius 2 is 1.83 bits per heavy atom. The molecule has 0 rings (SSSR count). The molecule has 0 bridgehead atoms. The normalized spacial score (nSPS) is 10.8. The van der Waals surface area contributed by atoms with Crippen LogP contribution in [0.4, 0.5) is 0 Å². The smallest absolute Gasteiger partial charge is 0.00277 e. The first-order valence-electron chi connectivity index (χ1n) is 3.68. The highest BCUT2D eigenvalue weighted by Crippen LogP contribution is 1.86. The zero-order chi connectivity index (χ0) is 8.36. The van der Waals surface area contributed by atoms with Crippen molar-refractivity contribution in [3.63, 3.8) is 0 Å². The Labute approximate surface area is 82.0 Å². The molecule has 0 atom stereocenters. The molecule has 0 amide bonds. The maximum Gasteiger partial charge on any atom is 0.00277 e. The van der Waals surface area contributed by atoms with Gasteiger partial charge < -0.3 is 5.32 Å². The van der Waals surface area contributed by atoms with Crippen LogP contribution in [0.25, 0.3) is 0 Å². The SMILES string of the molecule is C=C/C=C/C/C=C\C=C/NC.S. The third-order valence-electron chi connectivity index (χ3n) is 1.05. The summed E-state index contributed by atoms with van der Waals surface area (Å²) >= 11 is 0. The summed E-state index contributed by atoms with van der Waals surface area (Å²) in [6, 6.07) is 0. The molecule has 1 nitrogen and oxygen atoms in total. The van der Waals surface area contributed by atoms with Crippen molar-refractivity contribution in [3.05, 3.63) is 49.2 Å². The van der Waals surface area contributed by atoms with Crippen LogP contribution in [0.3, 0.4) is 0 Å². The van der Waals surface area contributed by atoms with Crippen LogP contribution in [0, 0.1) is 0 Å². The lowest BCUT2D eigenvalue weighted by atomic mass is 10.3. The third-order valence-corrected chi connectivity index (χ3v) is 1.05. The number of hydrogen-bond donors (Lipinski definition) is 1. The Morgan fingerprint density at radius 3 is 2.42 bits per heavy atom. The Kier molecular flexibility index (Phi) is 14.5. The molecule has 0 radical (unpaired) electrons. The van der Waals surface area contributed by atoms with E-state index < -0.39 is 0 Å². The monoisotopic (exact) mass is 183 g/mol. The molecule has 0 aromatic heterocycles. The minimum atomic E-state index is 0. The van der Waals surface area contributed by atoms with Crippen LogP contribution < -0.4 is 5.32 Å². The summed E-state index contributed by atoms with van der Waals surface area (Å²) in [5.74, 6) is 0. The molecule has 0 aromatic carbocycles. The van der Waals surface area contributed by atoms with Gasteiger partial charge in [0.25, 0.3) is 0 Å². The van der Waals surface area contributed by atoms with E-state index in [0.717, 1.165) is 6.42 Å². The van der Waals surface area contributed by atoms with E-state index in [4.69, 9.17) is 0 Å². The van der Waals surface area contributed by atoms with Crippen LogP contribution in [0.5, 0.6) is 0 Å². The van der Waals surface area contributed by atoms with E-state index in [2.05, 4.69) is 24.0 Å². The molecule has 0 heterocycles. The van der Waals surface area contributed by atoms with Gasteiger partial charge in [-0.25, -0.2) is 0 Å². The molecule has 2 heteroatoms. The topological polar surface area (TPSA) is 12.0 Å². The third kappa shape index (κ3) is 11.9. The van der Waals surface area contributed by atoms with Gasteiger partial charge in [0.1, 0.15) is 0 Å². The summed E-state index contributed by atoms with van der Waals surface area (Å²) in [4.78, 5) is 0. The number of nitrogens with one attached hydrogen (secondary N) is 1. The van der Waals surface area contributed by atoms with Gasteiger partial charge in [-0.3, -0.25) is 0 Å². The lowest BCUT2D eigenvalue weighted by Gasteiger charge is -1.80. The molecule has 0 unspecified atom stereocenters. The Bertz CT molecular complexity index is 169. The van der Waals surface area contributed by atoms with Gasteiger partial charge in [-0.15, -0.1) is 0 Å². The van der Waals surface area contributed by atoms with Gasteiger partial charge in [-0.1, -0.05) is 37.0 Å². The van der Waals surface area contributed by atoms with Crippen molar-refractivity contribution in [2.24, 2.45) is 0 Å². The molecule has 0 aromatic rings. The summed E-state index contributed by atoms with van der Waals surface area (Å²) in [7, 11) is 1.88. The predicted molar refractivity (Wildman–Crippen MR) is 61.7 cm³/mol. The highest BCUT2D eigenvalue weighted by molar-refractivity contribution is 7.59. The molecule has 68 valence electrons. The van der Waals surface area contributed by atoms with Gasteiger partial charge in [-0.2, -0.15) is 13.5 Å². The molecule has 0 aliphatic heterocycles. The molecule has 0 aliphatic carbocycles. The van der Waals surface area contributed by atoms with Gasteiger partial charge in [-0.05, 0) is 18.7 Å². The maximum atomic E-state index is 3.57.